The third-order valence-electron chi connectivity index (χ3n) is 11.8. The summed E-state index contributed by atoms with van der Waals surface area (Å²) in [5, 5.41) is 11.6. The van der Waals surface area contributed by atoms with Crippen LogP contribution in [0.5, 0.6) is 11.5 Å². The highest BCUT2D eigenvalue weighted by Crippen LogP contribution is 2.35. The second kappa shape index (κ2) is 28.4. The average molecular weight is 1070 g/mol. The van der Waals surface area contributed by atoms with Gasteiger partial charge in [-0.05, 0) is 41.3 Å². The fraction of sp³-hybridized carbons (Fsp3) is 0.197. The van der Waals surface area contributed by atoms with Crippen molar-refractivity contribution in [1.82, 2.24) is 15.0 Å². The highest BCUT2D eigenvalue weighted by molar-refractivity contribution is 5.83. The van der Waals surface area contributed by atoms with E-state index in [1.165, 1.54) is 25.1 Å². The van der Waals surface area contributed by atoms with Gasteiger partial charge in [0.05, 0.1) is 29.6 Å². The Kier molecular flexibility index (Phi) is 21.0. The van der Waals surface area contributed by atoms with E-state index in [1.54, 1.807) is 0 Å². The highest BCUT2D eigenvalue weighted by Gasteiger charge is 2.41. The van der Waals surface area contributed by atoms with Gasteiger partial charge in [-0.3, -0.25) is 0 Å². The van der Waals surface area contributed by atoms with Crippen LogP contribution in [0, 0.1) is 10.8 Å². The maximum Gasteiger partial charge on any atom is 0.347 e. The molecule has 1 aromatic heterocycles. The minimum atomic E-state index is -1.69. The molecule has 6 aromatic rings. The Morgan fingerprint density at radius 3 is 1.13 bits per heavy atom. The van der Waals surface area contributed by atoms with Gasteiger partial charge in [-0.15, -0.1) is 0 Å². The Balaban J connectivity index is 1.25. The van der Waals surface area contributed by atoms with Gasteiger partial charge in [0.25, 0.3) is 0 Å². The molecule has 406 valence electrons. The summed E-state index contributed by atoms with van der Waals surface area (Å²) in [4.78, 5) is 89.8. The van der Waals surface area contributed by atoms with Gasteiger partial charge < -0.3 is 43.0 Å². The van der Waals surface area contributed by atoms with E-state index < -0.39 is 106 Å². The molecule has 0 spiro atoms. The number of carbonyl (C=O) groups is 6. The maximum atomic E-state index is 13.8. The van der Waals surface area contributed by atoms with Gasteiger partial charge >= 0.3 is 35.8 Å². The van der Waals surface area contributed by atoms with Crippen LogP contribution in [0.15, 0.2) is 191 Å². The van der Waals surface area contributed by atoms with Crippen molar-refractivity contribution in [1.29, 1.82) is 0 Å². The molecule has 79 heavy (non-hydrogen) atoms. The molecule has 18 heteroatoms. The lowest BCUT2D eigenvalue weighted by Gasteiger charge is -2.35. The summed E-state index contributed by atoms with van der Waals surface area (Å²) < 4.78 is 44.4. The SMILES string of the molecule is C=CC(=O)OCC(COCC(COC(=O)C=C)(COC(=O)C=C)COC(=O)C(C)Oc1ccc(-c2nc(-c3ccc(-c4ccccc4)cc3)nc(-c3ccc(-c4ccccc4)cc3)n2)c(O)c1)(COC(=O)C=C)COC(=O)C=C. The summed E-state index contributed by atoms with van der Waals surface area (Å²) in [6.07, 6.45) is 3.03. The topological polar surface area (TPSA) is 235 Å². The number of hydrogen-bond acceptors (Lipinski definition) is 18. The van der Waals surface area contributed by atoms with E-state index in [0.29, 0.717) is 22.8 Å². The number of carbonyl (C=O) groups excluding carboxylic acids is 6. The summed E-state index contributed by atoms with van der Waals surface area (Å²) in [7, 11) is 0. The number of aromatic hydroxyl groups is 1. The first-order valence-electron chi connectivity index (χ1n) is 24.4. The van der Waals surface area contributed by atoms with Crippen molar-refractivity contribution in [3.05, 3.63) is 191 Å². The molecule has 0 bridgehead atoms. The smallest absolute Gasteiger partial charge is 0.347 e. The molecule has 1 N–H and O–H groups in total. The third kappa shape index (κ3) is 16.8. The zero-order valence-electron chi connectivity index (χ0n) is 43.3. The highest BCUT2D eigenvalue weighted by atomic mass is 16.6. The first kappa shape index (κ1) is 58.5. The van der Waals surface area contributed by atoms with E-state index in [4.69, 9.17) is 52.8 Å². The zero-order valence-corrected chi connectivity index (χ0v) is 43.3. The molecule has 1 unspecified atom stereocenters. The van der Waals surface area contributed by atoms with Crippen LogP contribution in [0.2, 0.25) is 0 Å². The third-order valence-corrected chi connectivity index (χ3v) is 11.8. The molecule has 1 heterocycles. The Bertz CT molecular complexity index is 2980. The van der Waals surface area contributed by atoms with Crippen molar-refractivity contribution in [2.24, 2.45) is 10.8 Å². The molecule has 0 aliphatic carbocycles. The molecule has 1 atom stereocenters. The molecule has 0 fully saturated rings. The quantitative estimate of drug-likeness (QED) is 0.0262. The Hall–Kier alpha value is -9.81. The average Bonchev–Trinajstić information content (AvgIpc) is 3.49. The summed E-state index contributed by atoms with van der Waals surface area (Å²) >= 11 is 0. The molecule has 0 aliphatic rings. The number of esters is 6. The van der Waals surface area contributed by atoms with Crippen molar-refractivity contribution in [3.63, 3.8) is 0 Å². The van der Waals surface area contributed by atoms with Crippen LogP contribution >= 0.6 is 0 Å². The molecule has 0 saturated heterocycles. The second-order valence-electron chi connectivity index (χ2n) is 17.8. The van der Waals surface area contributed by atoms with E-state index in [-0.39, 0.29) is 22.9 Å². The van der Waals surface area contributed by atoms with Crippen molar-refractivity contribution in [3.8, 4) is 67.9 Å². The van der Waals surface area contributed by atoms with Crippen LogP contribution in [0.3, 0.4) is 0 Å². The molecule has 0 amide bonds. The predicted molar refractivity (Wildman–Crippen MR) is 291 cm³/mol. The minimum Gasteiger partial charge on any atom is -0.507 e. The molecule has 5 aromatic carbocycles. The lowest BCUT2D eigenvalue weighted by atomic mass is 9.90. The predicted octanol–water partition coefficient (Wildman–Crippen LogP) is 8.86. The van der Waals surface area contributed by atoms with Crippen molar-refractivity contribution >= 4 is 35.8 Å². The standard InChI is InChI=1S/C61H57N3O15/c1-7-51(66)73-35-60(36-74-52(67)8-2,37-75-53(68)9-3)33-72-34-61(38-76-54(69)10-4,39-77-55(70)11-5)40-78-59(71)41(6)79-48-30-31-49(50(65)32-48)58-63-56(46-26-22-44(23-27-46)42-18-14-12-15-19-42)62-57(64-58)47-28-24-45(25-29-47)43-20-16-13-17-21-43/h7-32,41,65H,1-5,33-40H2,6H3. The van der Waals surface area contributed by atoms with Crippen LogP contribution in [0.25, 0.3) is 56.4 Å². The van der Waals surface area contributed by atoms with E-state index in [1.807, 2.05) is 109 Å². The number of aromatic nitrogens is 3. The fourth-order valence-electron chi connectivity index (χ4n) is 7.41. The second-order valence-corrected chi connectivity index (χ2v) is 17.8. The Morgan fingerprint density at radius 2 is 0.772 bits per heavy atom. The molecular weight excluding hydrogens is 1010 g/mol. The lowest BCUT2D eigenvalue weighted by molar-refractivity contribution is -0.173. The van der Waals surface area contributed by atoms with Gasteiger partial charge in [0.15, 0.2) is 23.6 Å². The molecule has 0 saturated carbocycles. The van der Waals surface area contributed by atoms with Crippen molar-refractivity contribution < 1.29 is 71.8 Å². The molecule has 18 nitrogen and oxygen atoms in total. The van der Waals surface area contributed by atoms with Crippen molar-refractivity contribution in [2.75, 3.05) is 52.9 Å². The van der Waals surface area contributed by atoms with Gasteiger partial charge in [-0.1, -0.05) is 142 Å². The van der Waals surface area contributed by atoms with E-state index >= 15 is 0 Å². The first-order valence-corrected chi connectivity index (χ1v) is 24.4. The van der Waals surface area contributed by atoms with Crippen LogP contribution in [0.1, 0.15) is 6.92 Å². The van der Waals surface area contributed by atoms with Gasteiger partial charge in [0.2, 0.25) is 0 Å². The number of nitrogens with zero attached hydrogens (tertiary/aromatic N) is 3. The first-order chi connectivity index (χ1) is 38.1. The molecular formula is C61H57N3O15. The van der Waals surface area contributed by atoms with E-state index in [0.717, 1.165) is 52.6 Å². The number of hydrogen-bond donors (Lipinski definition) is 1. The normalized spacial score (nSPS) is 11.4. The van der Waals surface area contributed by atoms with E-state index in [2.05, 4.69) is 32.9 Å². The number of ether oxygens (including phenoxy) is 8. The summed E-state index contributed by atoms with van der Waals surface area (Å²) in [6.45, 7) is 13.8. The largest absolute Gasteiger partial charge is 0.507 e. The molecule has 0 radical (unpaired) electrons. The van der Waals surface area contributed by atoms with Crippen LogP contribution in [-0.2, 0) is 61.9 Å². The van der Waals surface area contributed by atoms with E-state index in [9.17, 15) is 33.9 Å². The molecule has 6 rings (SSSR count). The van der Waals surface area contributed by atoms with Gasteiger partial charge in [0, 0.05) is 47.6 Å². The number of rotatable bonds is 29. The van der Waals surface area contributed by atoms with Gasteiger partial charge in [0.1, 0.15) is 51.1 Å². The number of benzene rings is 5. The van der Waals surface area contributed by atoms with Crippen LogP contribution in [-0.4, -0.2) is 115 Å². The summed E-state index contributed by atoms with van der Waals surface area (Å²) in [5.41, 5.74) is 2.39. The number of phenolic OH excluding ortho intramolecular Hbond substituents is 1. The molecule has 0 aliphatic heterocycles. The summed E-state index contributed by atoms with van der Waals surface area (Å²) in [6, 6.07) is 39.7. The lowest BCUT2D eigenvalue weighted by Crippen LogP contribution is -2.47. The van der Waals surface area contributed by atoms with Gasteiger partial charge in [-0.25, -0.2) is 43.7 Å². The van der Waals surface area contributed by atoms with Gasteiger partial charge in [-0.2, -0.15) is 0 Å². The zero-order chi connectivity index (χ0) is 56.8. The summed E-state index contributed by atoms with van der Waals surface area (Å²) in [5.74, 6) is -4.79. The van der Waals surface area contributed by atoms with Crippen molar-refractivity contribution in [2.45, 2.75) is 13.0 Å². The van der Waals surface area contributed by atoms with Crippen LogP contribution in [0.4, 0.5) is 0 Å². The monoisotopic (exact) mass is 1070 g/mol. The Labute approximate surface area is 456 Å². The maximum absolute atomic E-state index is 13.8. The number of phenols is 1. The Morgan fingerprint density at radius 1 is 0.443 bits per heavy atom. The van der Waals surface area contributed by atoms with Crippen LogP contribution < -0.4 is 4.74 Å². The fourth-order valence-corrected chi connectivity index (χ4v) is 7.41. The minimum absolute atomic E-state index is 0.0467.